The molecule has 7 heteroatoms. The van der Waals surface area contributed by atoms with E-state index in [4.69, 9.17) is 21.2 Å². The number of methoxy groups -OCH3 is 1. The van der Waals surface area contributed by atoms with Gasteiger partial charge in [0.05, 0.1) is 28.6 Å². The number of ether oxygens (including phenoxy) is 1. The van der Waals surface area contributed by atoms with Crippen molar-refractivity contribution in [3.05, 3.63) is 51.2 Å². The van der Waals surface area contributed by atoms with Crippen LogP contribution in [-0.2, 0) is 4.84 Å². The fourth-order valence-corrected chi connectivity index (χ4v) is 3.37. The zero-order valence-corrected chi connectivity index (χ0v) is 14.9. The van der Waals surface area contributed by atoms with Crippen molar-refractivity contribution in [3.8, 4) is 5.75 Å². The van der Waals surface area contributed by atoms with E-state index in [0.29, 0.717) is 22.2 Å². The number of oxime groups is 1. The fraction of sp³-hybridized carbons (Fsp3) is 0.294. The minimum atomic E-state index is -0.564. The molecule has 24 heavy (non-hydrogen) atoms. The molecule has 0 fully saturated rings. The number of amides is 1. The van der Waals surface area contributed by atoms with E-state index >= 15 is 0 Å². The first kappa shape index (κ1) is 16.8. The summed E-state index contributed by atoms with van der Waals surface area (Å²) in [7, 11) is 1.63. The maximum absolute atomic E-state index is 12.1. The number of nitrogens with zero attached hydrogens (tertiary/aromatic N) is 1. The minimum absolute atomic E-state index is 0.158. The van der Waals surface area contributed by atoms with Crippen molar-refractivity contribution in [1.82, 2.24) is 5.32 Å². The van der Waals surface area contributed by atoms with E-state index in [0.717, 1.165) is 17.0 Å². The van der Waals surface area contributed by atoms with Gasteiger partial charge in [0.15, 0.2) is 5.60 Å². The summed E-state index contributed by atoms with van der Waals surface area (Å²) in [6.45, 7) is 2.29. The molecule has 2 aromatic rings. The second-order valence-corrected chi connectivity index (χ2v) is 7.49. The third kappa shape index (κ3) is 3.71. The molecule has 1 N–H and O–H groups in total. The van der Waals surface area contributed by atoms with E-state index in [2.05, 4.69) is 10.5 Å². The summed E-state index contributed by atoms with van der Waals surface area (Å²) in [5.74, 6) is 0.637. The highest BCUT2D eigenvalue weighted by Crippen LogP contribution is 2.27. The quantitative estimate of drug-likeness (QED) is 0.879. The first-order chi connectivity index (χ1) is 11.5. The molecule has 1 aromatic heterocycles. The number of hydrogen-bond acceptors (Lipinski definition) is 5. The Labute approximate surface area is 149 Å². The van der Waals surface area contributed by atoms with Crippen molar-refractivity contribution >= 4 is 34.6 Å². The molecular weight excluding hydrogens is 348 g/mol. The van der Waals surface area contributed by atoms with Crippen LogP contribution in [0.3, 0.4) is 0 Å². The van der Waals surface area contributed by atoms with Crippen LogP contribution < -0.4 is 10.1 Å². The Morgan fingerprint density at radius 1 is 1.38 bits per heavy atom. The average molecular weight is 365 g/mol. The number of halogens is 1. The van der Waals surface area contributed by atoms with Crippen LogP contribution in [0.1, 0.15) is 28.6 Å². The van der Waals surface area contributed by atoms with E-state index in [1.54, 1.807) is 19.2 Å². The fourth-order valence-electron chi connectivity index (χ4n) is 2.41. The molecule has 1 aliphatic heterocycles. The van der Waals surface area contributed by atoms with Crippen LogP contribution in [0.5, 0.6) is 5.75 Å². The Morgan fingerprint density at radius 2 is 2.12 bits per heavy atom. The van der Waals surface area contributed by atoms with Gasteiger partial charge in [0.25, 0.3) is 5.91 Å². The zero-order valence-electron chi connectivity index (χ0n) is 13.3. The second-order valence-electron chi connectivity index (χ2n) is 5.77. The van der Waals surface area contributed by atoms with Crippen molar-refractivity contribution in [1.29, 1.82) is 0 Å². The van der Waals surface area contributed by atoms with Crippen LogP contribution in [0.25, 0.3) is 0 Å². The monoisotopic (exact) mass is 364 g/mol. The highest BCUT2D eigenvalue weighted by atomic mass is 35.5. The lowest BCUT2D eigenvalue weighted by Gasteiger charge is -2.21. The zero-order chi connectivity index (χ0) is 17.2. The van der Waals surface area contributed by atoms with Crippen molar-refractivity contribution < 1.29 is 14.4 Å². The summed E-state index contributed by atoms with van der Waals surface area (Å²) in [4.78, 5) is 18.3. The normalized spacial score (nSPS) is 19.5. The topological polar surface area (TPSA) is 59.9 Å². The summed E-state index contributed by atoms with van der Waals surface area (Å²) in [6.07, 6.45) is 0.616. The van der Waals surface area contributed by atoms with E-state index in [1.165, 1.54) is 11.3 Å². The van der Waals surface area contributed by atoms with Gasteiger partial charge in [0.2, 0.25) is 0 Å². The highest BCUT2D eigenvalue weighted by Gasteiger charge is 2.35. The number of nitrogens with one attached hydrogen (secondary N) is 1. The Bertz CT molecular complexity index is 772. The van der Waals surface area contributed by atoms with Gasteiger partial charge in [-0.15, -0.1) is 11.3 Å². The average Bonchev–Trinajstić information content (AvgIpc) is 3.20. The van der Waals surface area contributed by atoms with E-state index in [-0.39, 0.29) is 5.91 Å². The lowest BCUT2D eigenvalue weighted by atomic mass is 9.96. The van der Waals surface area contributed by atoms with Crippen LogP contribution >= 0.6 is 22.9 Å². The van der Waals surface area contributed by atoms with Crippen molar-refractivity contribution in [2.45, 2.75) is 18.9 Å². The van der Waals surface area contributed by atoms with E-state index < -0.39 is 5.60 Å². The molecule has 2 heterocycles. The molecule has 1 aliphatic rings. The molecule has 1 aromatic carbocycles. The predicted octanol–water partition coefficient (Wildman–Crippen LogP) is 3.72. The molecule has 3 rings (SSSR count). The summed E-state index contributed by atoms with van der Waals surface area (Å²) in [5.41, 5.74) is 1.27. The largest absolute Gasteiger partial charge is 0.497 e. The lowest BCUT2D eigenvalue weighted by Crippen LogP contribution is -2.40. The lowest BCUT2D eigenvalue weighted by molar-refractivity contribution is -0.00178. The summed E-state index contributed by atoms with van der Waals surface area (Å²) in [6, 6.07) is 11.1. The van der Waals surface area contributed by atoms with Crippen LogP contribution in [0, 0.1) is 0 Å². The van der Waals surface area contributed by atoms with Crippen LogP contribution in [0.4, 0.5) is 0 Å². The number of benzene rings is 1. The van der Waals surface area contributed by atoms with Gasteiger partial charge in [-0.2, -0.15) is 0 Å². The number of hydrogen-bond donors (Lipinski definition) is 1. The summed E-state index contributed by atoms with van der Waals surface area (Å²) in [5, 5.41) is 7.05. The molecule has 1 atom stereocenters. The Hall–Kier alpha value is -2.05. The summed E-state index contributed by atoms with van der Waals surface area (Å²) < 4.78 is 5.75. The van der Waals surface area contributed by atoms with Crippen molar-refractivity contribution in [3.63, 3.8) is 0 Å². The van der Waals surface area contributed by atoms with Gasteiger partial charge in [-0.1, -0.05) is 16.8 Å². The van der Waals surface area contributed by atoms with E-state index in [1.807, 2.05) is 31.2 Å². The minimum Gasteiger partial charge on any atom is -0.497 e. The van der Waals surface area contributed by atoms with Gasteiger partial charge in [-0.3, -0.25) is 4.79 Å². The molecule has 0 bridgehead atoms. The molecule has 126 valence electrons. The van der Waals surface area contributed by atoms with Gasteiger partial charge in [-0.25, -0.2) is 0 Å². The maximum atomic E-state index is 12.1. The molecule has 0 saturated carbocycles. The van der Waals surface area contributed by atoms with Gasteiger partial charge in [0, 0.05) is 6.42 Å². The Kier molecular flexibility index (Phi) is 4.78. The van der Waals surface area contributed by atoms with Gasteiger partial charge < -0.3 is 14.9 Å². The molecule has 0 spiro atoms. The third-order valence-electron chi connectivity index (χ3n) is 3.76. The second kappa shape index (κ2) is 6.83. The maximum Gasteiger partial charge on any atom is 0.261 e. The number of rotatable bonds is 5. The molecule has 1 amide bonds. The predicted molar refractivity (Wildman–Crippen MR) is 95.3 cm³/mol. The molecular formula is C17H17ClN2O3S. The van der Waals surface area contributed by atoms with Gasteiger partial charge in [0.1, 0.15) is 5.75 Å². The molecule has 5 nitrogen and oxygen atoms in total. The first-order valence-corrected chi connectivity index (χ1v) is 8.61. The molecule has 0 radical (unpaired) electrons. The first-order valence-electron chi connectivity index (χ1n) is 7.42. The molecule has 1 unspecified atom stereocenters. The Morgan fingerprint density at radius 3 is 2.75 bits per heavy atom. The number of thiophene rings is 1. The van der Waals surface area contributed by atoms with E-state index in [9.17, 15) is 4.79 Å². The van der Waals surface area contributed by atoms with Crippen LogP contribution in [0.15, 0.2) is 41.6 Å². The van der Waals surface area contributed by atoms with Crippen molar-refractivity contribution in [2.24, 2.45) is 5.16 Å². The van der Waals surface area contributed by atoms with Gasteiger partial charge in [-0.05, 0) is 48.9 Å². The SMILES string of the molecule is COc1ccc(C2=NOC(C)(CNC(=O)c3ccc(Cl)s3)C2)cc1. The number of carbonyl (C=O) groups is 1. The number of carbonyl (C=O) groups excluding carboxylic acids is 1. The van der Waals surface area contributed by atoms with Crippen LogP contribution in [0.2, 0.25) is 4.34 Å². The van der Waals surface area contributed by atoms with Gasteiger partial charge >= 0.3 is 0 Å². The summed E-state index contributed by atoms with van der Waals surface area (Å²) >= 11 is 7.10. The van der Waals surface area contributed by atoms with Crippen LogP contribution in [-0.4, -0.2) is 30.9 Å². The van der Waals surface area contributed by atoms with Crippen molar-refractivity contribution in [2.75, 3.05) is 13.7 Å². The smallest absolute Gasteiger partial charge is 0.261 e. The highest BCUT2D eigenvalue weighted by molar-refractivity contribution is 7.17. The molecule has 0 saturated heterocycles. The standard InChI is InChI=1S/C17H17ClN2O3S/c1-17(10-19-16(21)14-7-8-15(18)24-14)9-13(20-23-17)11-3-5-12(22-2)6-4-11/h3-8H,9-10H2,1-2H3,(H,19,21). The third-order valence-corrected chi connectivity index (χ3v) is 4.99. The Balaban J connectivity index is 1.59. The molecule has 0 aliphatic carbocycles.